The van der Waals surface area contributed by atoms with Gasteiger partial charge >= 0.3 is 0 Å². The molecule has 6 nitrogen and oxygen atoms in total. The van der Waals surface area contributed by atoms with Gasteiger partial charge in [0.05, 0.1) is 22.7 Å². The summed E-state index contributed by atoms with van der Waals surface area (Å²) >= 11 is 4.98. The van der Waals surface area contributed by atoms with Gasteiger partial charge in [-0.15, -0.1) is 17.9 Å². The number of para-hydroxylation sites is 1. The minimum Gasteiger partial charge on any atom is -0.258 e. The first-order valence-corrected chi connectivity index (χ1v) is 10.3. The predicted octanol–water partition coefficient (Wildman–Crippen LogP) is 5.52. The number of rotatable bonds is 7. The van der Waals surface area contributed by atoms with Gasteiger partial charge in [0.2, 0.25) is 4.80 Å². The molecule has 0 atom stereocenters. The molecule has 0 unspecified atom stereocenters. The van der Waals surface area contributed by atoms with Gasteiger partial charge in [0.15, 0.2) is 0 Å². The summed E-state index contributed by atoms with van der Waals surface area (Å²) in [5.74, 6) is 0. The topological polar surface area (TPSA) is 72.8 Å². The van der Waals surface area contributed by atoms with E-state index in [1.54, 1.807) is 47.3 Å². The Morgan fingerprint density at radius 2 is 2.07 bits per heavy atom. The highest BCUT2D eigenvalue weighted by Gasteiger charge is 2.09. The van der Waals surface area contributed by atoms with E-state index in [0.29, 0.717) is 12.1 Å². The van der Waals surface area contributed by atoms with Crippen LogP contribution < -0.4 is 4.80 Å². The zero-order valence-corrected chi connectivity index (χ0v) is 17.7. The number of aromatic nitrogens is 1. The van der Waals surface area contributed by atoms with Crippen LogP contribution in [0.5, 0.6) is 0 Å². The highest BCUT2D eigenvalue weighted by Crippen LogP contribution is 2.23. The number of hydrogen-bond acceptors (Lipinski definition) is 5. The second-order valence-corrected chi connectivity index (χ2v) is 7.55. The number of allylic oxidation sites excluding steroid dienone is 1. The van der Waals surface area contributed by atoms with Gasteiger partial charge in [0.1, 0.15) is 0 Å². The molecule has 0 saturated carbocycles. The zero-order valence-electron chi connectivity index (χ0n) is 15.3. The van der Waals surface area contributed by atoms with Gasteiger partial charge in [-0.05, 0) is 30.4 Å². The molecule has 1 aromatic heterocycles. The zero-order chi connectivity index (χ0) is 20.6. The molecule has 0 saturated heterocycles. The van der Waals surface area contributed by atoms with Crippen molar-refractivity contribution in [1.82, 2.24) is 4.68 Å². The van der Waals surface area contributed by atoms with Gasteiger partial charge in [-0.25, -0.2) is 4.68 Å². The molecule has 8 heteroatoms. The maximum atomic E-state index is 11.1. The predicted molar refractivity (Wildman–Crippen MR) is 122 cm³/mol. The van der Waals surface area contributed by atoms with Crippen molar-refractivity contribution < 1.29 is 4.92 Å². The smallest absolute Gasteiger partial charge is 0.258 e. The molecule has 1 heterocycles. The van der Waals surface area contributed by atoms with Gasteiger partial charge in [-0.2, -0.15) is 5.10 Å². The molecule has 0 spiro atoms. The minimum absolute atomic E-state index is 0.0526. The van der Waals surface area contributed by atoms with E-state index in [9.17, 15) is 10.1 Å². The van der Waals surface area contributed by atoms with Crippen molar-refractivity contribution in [3.05, 3.63) is 97.6 Å². The van der Waals surface area contributed by atoms with Crippen molar-refractivity contribution in [2.75, 3.05) is 6.54 Å². The number of benzene rings is 2. The lowest BCUT2D eigenvalue weighted by molar-refractivity contribution is -0.385. The summed E-state index contributed by atoms with van der Waals surface area (Å²) in [6, 6.07) is 14.5. The van der Waals surface area contributed by atoms with Crippen LogP contribution in [-0.4, -0.2) is 22.4 Å². The van der Waals surface area contributed by atoms with Crippen LogP contribution in [0, 0.1) is 10.1 Å². The highest BCUT2D eigenvalue weighted by atomic mass is 79.9. The average molecular weight is 469 g/mol. The number of halogens is 1. The van der Waals surface area contributed by atoms with Crippen molar-refractivity contribution in [2.45, 2.75) is 0 Å². The molecule has 0 radical (unpaired) electrons. The van der Waals surface area contributed by atoms with Crippen LogP contribution in [0.1, 0.15) is 5.56 Å². The number of thiazole rings is 1. The van der Waals surface area contributed by atoms with E-state index in [0.717, 1.165) is 20.5 Å². The summed E-state index contributed by atoms with van der Waals surface area (Å²) < 4.78 is 2.72. The van der Waals surface area contributed by atoms with Gasteiger partial charge < -0.3 is 0 Å². The number of hydrogen-bond donors (Lipinski definition) is 0. The van der Waals surface area contributed by atoms with Crippen LogP contribution in [0.25, 0.3) is 17.3 Å². The highest BCUT2D eigenvalue weighted by molar-refractivity contribution is 9.10. The Morgan fingerprint density at radius 3 is 2.83 bits per heavy atom. The van der Waals surface area contributed by atoms with E-state index in [1.165, 1.54) is 17.4 Å². The Morgan fingerprint density at radius 1 is 1.24 bits per heavy atom. The van der Waals surface area contributed by atoms with E-state index in [2.05, 4.69) is 32.6 Å². The lowest BCUT2D eigenvalue weighted by atomic mass is 10.1. The van der Waals surface area contributed by atoms with Crippen LogP contribution in [0.4, 0.5) is 5.69 Å². The lowest BCUT2D eigenvalue weighted by Gasteiger charge is -2.03. The lowest BCUT2D eigenvalue weighted by Crippen LogP contribution is -2.12. The standard InChI is InChI=1S/C21H17BrN4O2S/c1-2-12-23-21-25(20(15-29-21)17-8-5-10-18(22)14-17)24-13-6-9-16-7-3-4-11-19(16)26(27)28/h2-11,13-15H,1,12H2. The number of nitro benzene ring substituents is 1. The van der Waals surface area contributed by atoms with Crippen LogP contribution in [0.2, 0.25) is 0 Å². The molecular formula is C21H17BrN4O2S. The molecule has 0 N–H and O–H groups in total. The summed E-state index contributed by atoms with van der Waals surface area (Å²) in [5.41, 5.74) is 2.46. The Kier molecular flexibility index (Phi) is 7.04. The van der Waals surface area contributed by atoms with E-state index in [1.807, 2.05) is 29.6 Å². The third-order valence-corrected chi connectivity index (χ3v) is 5.19. The third kappa shape index (κ3) is 5.24. The molecule has 0 fully saturated rings. The quantitative estimate of drug-likeness (QED) is 0.198. The fourth-order valence-electron chi connectivity index (χ4n) is 2.55. The number of nitrogens with zero attached hydrogens (tertiary/aromatic N) is 4. The summed E-state index contributed by atoms with van der Waals surface area (Å²) in [5, 5.41) is 17.6. The largest absolute Gasteiger partial charge is 0.276 e. The van der Waals surface area contributed by atoms with Crippen LogP contribution in [-0.2, 0) is 0 Å². The normalized spacial score (nSPS) is 12.1. The van der Waals surface area contributed by atoms with Crippen LogP contribution in [0.15, 0.2) is 87.2 Å². The molecule has 0 aliphatic heterocycles. The second kappa shape index (κ2) is 9.90. The van der Waals surface area contributed by atoms with E-state index in [4.69, 9.17) is 0 Å². The van der Waals surface area contributed by atoms with E-state index >= 15 is 0 Å². The van der Waals surface area contributed by atoms with Crippen LogP contribution >= 0.6 is 27.3 Å². The van der Waals surface area contributed by atoms with Crippen LogP contribution in [0.3, 0.4) is 0 Å². The van der Waals surface area contributed by atoms with Gasteiger partial charge in [-0.3, -0.25) is 15.1 Å². The molecule has 29 heavy (non-hydrogen) atoms. The van der Waals surface area contributed by atoms with Crippen molar-refractivity contribution in [3.63, 3.8) is 0 Å². The molecule has 0 bridgehead atoms. The van der Waals surface area contributed by atoms with Crippen molar-refractivity contribution in [3.8, 4) is 11.3 Å². The average Bonchev–Trinajstić information content (AvgIpc) is 3.12. The summed E-state index contributed by atoms with van der Waals surface area (Å²) in [7, 11) is 0. The monoisotopic (exact) mass is 468 g/mol. The van der Waals surface area contributed by atoms with Gasteiger partial charge in [-0.1, -0.05) is 46.3 Å². The van der Waals surface area contributed by atoms with Crippen molar-refractivity contribution in [2.24, 2.45) is 10.1 Å². The maximum absolute atomic E-state index is 11.1. The maximum Gasteiger partial charge on any atom is 0.276 e. The molecule has 0 amide bonds. The van der Waals surface area contributed by atoms with E-state index < -0.39 is 4.92 Å². The van der Waals surface area contributed by atoms with Crippen molar-refractivity contribution in [1.29, 1.82) is 0 Å². The molecule has 3 rings (SSSR count). The second-order valence-electron chi connectivity index (χ2n) is 5.79. The number of nitro groups is 1. The summed E-state index contributed by atoms with van der Waals surface area (Å²) in [6.07, 6.45) is 6.65. The first kappa shape index (κ1) is 20.6. The molecule has 0 aliphatic carbocycles. The molecule has 3 aromatic rings. The summed E-state index contributed by atoms with van der Waals surface area (Å²) in [6.45, 7) is 4.19. The fourth-order valence-corrected chi connectivity index (χ4v) is 3.80. The molecule has 146 valence electrons. The first-order valence-electron chi connectivity index (χ1n) is 8.62. The Bertz CT molecular complexity index is 1160. The molecular weight excluding hydrogens is 452 g/mol. The Balaban J connectivity index is 1.96. The first-order chi connectivity index (χ1) is 14.1. The minimum atomic E-state index is -0.401. The SMILES string of the molecule is C=CCN=c1scc(-c2cccc(Br)c2)n1N=CC=Cc1ccccc1[N+](=O)[O-]. The molecule has 0 aliphatic rings. The van der Waals surface area contributed by atoms with E-state index in [-0.39, 0.29) is 5.69 Å². The van der Waals surface area contributed by atoms with Gasteiger partial charge in [0.25, 0.3) is 5.69 Å². The Hall–Kier alpha value is -3.10. The molecule has 2 aromatic carbocycles. The van der Waals surface area contributed by atoms with Gasteiger partial charge in [0, 0.05) is 27.7 Å². The van der Waals surface area contributed by atoms with Crippen molar-refractivity contribution >= 4 is 45.2 Å². The summed E-state index contributed by atoms with van der Waals surface area (Å²) in [4.78, 5) is 15.9. The third-order valence-electron chi connectivity index (χ3n) is 3.84. The fraction of sp³-hybridized carbons (Fsp3) is 0.0476. The Labute approximate surface area is 180 Å².